The number of aromatic nitrogens is 3. The SMILES string of the molecule is CCCCN(C(=O)Cn1c(C)cc2ccccc21)c1c(N)n(CCCC)c(=O)[nH]c1=O. The van der Waals surface area contributed by atoms with Gasteiger partial charge in [-0.3, -0.25) is 19.1 Å². The second-order valence-corrected chi connectivity index (χ2v) is 7.83. The maximum atomic E-state index is 13.4. The van der Waals surface area contributed by atoms with Crippen molar-refractivity contribution in [1.29, 1.82) is 0 Å². The summed E-state index contributed by atoms with van der Waals surface area (Å²) in [6.45, 7) is 6.80. The first-order chi connectivity index (χ1) is 14.9. The number of fused-ring (bicyclic) bond motifs is 1. The average molecular weight is 426 g/mol. The van der Waals surface area contributed by atoms with E-state index < -0.39 is 11.2 Å². The standard InChI is InChI=1S/C23H31N5O3/c1-4-6-12-26(20-21(24)27(13-7-5-2)23(31)25-22(20)30)19(29)15-28-16(3)14-17-10-8-9-11-18(17)28/h8-11,14H,4-7,12-13,15,24H2,1-3H3,(H,25,30,31). The number of aryl methyl sites for hydroxylation is 1. The number of amides is 1. The van der Waals surface area contributed by atoms with Crippen molar-refractivity contribution in [2.45, 2.75) is 59.5 Å². The highest BCUT2D eigenvalue weighted by molar-refractivity contribution is 5.96. The summed E-state index contributed by atoms with van der Waals surface area (Å²) in [5.74, 6) is -0.198. The number of aromatic amines is 1. The number of nitrogens with two attached hydrogens (primary N) is 1. The molecular weight excluding hydrogens is 394 g/mol. The molecule has 0 atom stereocenters. The molecule has 8 heteroatoms. The van der Waals surface area contributed by atoms with Crippen molar-refractivity contribution in [2.24, 2.45) is 0 Å². The minimum atomic E-state index is -0.631. The molecular formula is C23H31N5O3. The van der Waals surface area contributed by atoms with Gasteiger partial charge in [0.2, 0.25) is 5.91 Å². The molecule has 3 rings (SSSR count). The van der Waals surface area contributed by atoms with Gasteiger partial charge in [-0.15, -0.1) is 0 Å². The van der Waals surface area contributed by atoms with Crippen molar-refractivity contribution in [3.05, 3.63) is 56.9 Å². The van der Waals surface area contributed by atoms with Crippen LogP contribution in [0.1, 0.15) is 45.2 Å². The van der Waals surface area contributed by atoms with E-state index >= 15 is 0 Å². The fourth-order valence-corrected chi connectivity index (χ4v) is 3.83. The van der Waals surface area contributed by atoms with Crippen LogP contribution in [0.5, 0.6) is 0 Å². The predicted molar refractivity (Wildman–Crippen MR) is 125 cm³/mol. The Morgan fingerprint density at radius 2 is 1.81 bits per heavy atom. The number of unbranched alkanes of at least 4 members (excludes halogenated alkanes) is 2. The first-order valence-corrected chi connectivity index (χ1v) is 10.9. The van der Waals surface area contributed by atoms with Gasteiger partial charge in [-0.25, -0.2) is 4.79 Å². The maximum absolute atomic E-state index is 13.4. The van der Waals surface area contributed by atoms with E-state index in [1.165, 1.54) is 9.47 Å². The van der Waals surface area contributed by atoms with Crippen LogP contribution >= 0.6 is 0 Å². The fourth-order valence-electron chi connectivity index (χ4n) is 3.83. The van der Waals surface area contributed by atoms with E-state index in [9.17, 15) is 14.4 Å². The minimum absolute atomic E-state index is 0.0424. The van der Waals surface area contributed by atoms with Gasteiger partial charge in [0, 0.05) is 24.3 Å². The Bertz CT molecular complexity index is 1190. The zero-order valence-corrected chi connectivity index (χ0v) is 18.5. The number of nitrogens with zero attached hydrogens (tertiary/aromatic N) is 3. The zero-order chi connectivity index (χ0) is 22.5. The molecule has 3 aromatic rings. The van der Waals surface area contributed by atoms with E-state index in [2.05, 4.69) is 4.98 Å². The van der Waals surface area contributed by atoms with Crippen LogP contribution in [0.3, 0.4) is 0 Å². The van der Waals surface area contributed by atoms with Crippen LogP contribution in [0.2, 0.25) is 0 Å². The third kappa shape index (κ3) is 4.57. The van der Waals surface area contributed by atoms with Gasteiger partial charge in [0.05, 0.1) is 0 Å². The molecule has 0 saturated carbocycles. The van der Waals surface area contributed by atoms with Crippen LogP contribution in [0, 0.1) is 6.92 Å². The molecule has 0 fully saturated rings. The van der Waals surface area contributed by atoms with Gasteiger partial charge in [-0.05, 0) is 37.3 Å². The van der Waals surface area contributed by atoms with Gasteiger partial charge in [0.15, 0.2) is 5.69 Å². The molecule has 31 heavy (non-hydrogen) atoms. The summed E-state index contributed by atoms with van der Waals surface area (Å²) in [5.41, 5.74) is 7.07. The lowest BCUT2D eigenvalue weighted by molar-refractivity contribution is -0.119. The molecule has 1 aromatic carbocycles. The number of H-pyrrole nitrogens is 1. The lowest BCUT2D eigenvalue weighted by atomic mass is 10.2. The van der Waals surface area contributed by atoms with Crippen molar-refractivity contribution >= 4 is 28.3 Å². The summed E-state index contributed by atoms with van der Waals surface area (Å²) in [6, 6.07) is 9.90. The molecule has 0 aliphatic carbocycles. The Labute approximate surface area is 181 Å². The Morgan fingerprint density at radius 3 is 2.52 bits per heavy atom. The number of benzene rings is 1. The lowest BCUT2D eigenvalue weighted by Crippen LogP contribution is -2.43. The summed E-state index contributed by atoms with van der Waals surface area (Å²) in [7, 11) is 0. The summed E-state index contributed by atoms with van der Waals surface area (Å²) in [6.07, 6.45) is 3.18. The van der Waals surface area contributed by atoms with Gasteiger partial charge in [0.1, 0.15) is 12.4 Å². The Kier molecular flexibility index (Phi) is 6.99. The summed E-state index contributed by atoms with van der Waals surface area (Å²) < 4.78 is 3.29. The number of anilines is 2. The molecule has 166 valence electrons. The van der Waals surface area contributed by atoms with Gasteiger partial charge < -0.3 is 15.2 Å². The van der Waals surface area contributed by atoms with Crippen molar-refractivity contribution < 1.29 is 4.79 Å². The Balaban J connectivity index is 2.04. The molecule has 0 aliphatic heterocycles. The molecule has 2 aromatic heterocycles. The molecule has 0 saturated heterocycles. The number of hydrogen-bond donors (Lipinski definition) is 2. The average Bonchev–Trinajstić information content (AvgIpc) is 3.05. The van der Waals surface area contributed by atoms with Gasteiger partial charge in [-0.2, -0.15) is 0 Å². The van der Waals surface area contributed by atoms with Crippen LogP contribution in [0.4, 0.5) is 11.5 Å². The molecule has 1 amide bonds. The molecule has 3 N–H and O–H groups in total. The van der Waals surface area contributed by atoms with Crippen molar-refractivity contribution in [2.75, 3.05) is 17.2 Å². The van der Waals surface area contributed by atoms with Crippen molar-refractivity contribution in [3.8, 4) is 0 Å². The summed E-state index contributed by atoms with van der Waals surface area (Å²) in [5, 5.41) is 1.05. The lowest BCUT2D eigenvalue weighted by Gasteiger charge is -2.25. The van der Waals surface area contributed by atoms with E-state index in [1.807, 2.05) is 55.7 Å². The van der Waals surface area contributed by atoms with Crippen molar-refractivity contribution in [1.82, 2.24) is 14.1 Å². The van der Waals surface area contributed by atoms with Crippen LogP contribution in [-0.4, -0.2) is 26.6 Å². The van der Waals surface area contributed by atoms with Crippen molar-refractivity contribution in [3.63, 3.8) is 0 Å². The number of para-hydroxylation sites is 1. The molecule has 2 heterocycles. The minimum Gasteiger partial charge on any atom is -0.383 e. The number of carbonyl (C=O) groups is 1. The summed E-state index contributed by atoms with van der Waals surface area (Å²) >= 11 is 0. The second kappa shape index (κ2) is 9.68. The highest BCUT2D eigenvalue weighted by Crippen LogP contribution is 2.22. The number of carbonyl (C=O) groups excluding carboxylic acids is 1. The van der Waals surface area contributed by atoms with Gasteiger partial charge in [-0.1, -0.05) is 44.9 Å². The van der Waals surface area contributed by atoms with Gasteiger partial charge in [0.25, 0.3) is 5.56 Å². The molecule has 0 aliphatic rings. The van der Waals surface area contributed by atoms with Crippen LogP contribution in [0.15, 0.2) is 39.9 Å². The van der Waals surface area contributed by atoms with Gasteiger partial charge >= 0.3 is 5.69 Å². The second-order valence-electron chi connectivity index (χ2n) is 7.83. The molecule has 0 spiro atoms. The normalized spacial score (nSPS) is 11.2. The quantitative estimate of drug-likeness (QED) is 0.550. The monoisotopic (exact) mass is 425 g/mol. The van der Waals surface area contributed by atoms with E-state index in [-0.39, 0.29) is 24.0 Å². The third-order valence-electron chi connectivity index (χ3n) is 5.57. The molecule has 8 nitrogen and oxygen atoms in total. The molecule has 0 radical (unpaired) electrons. The Morgan fingerprint density at radius 1 is 1.10 bits per heavy atom. The van der Waals surface area contributed by atoms with Crippen LogP contribution in [-0.2, 0) is 17.9 Å². The van der Waals surface area contributed by atoms with Crippen LogP contribution < -0.4 is 21.9 Å². The van der Waals surface area contributed by atoms with E-state index in [4.69, 9.17) is 5.73 Å². The highest BCUT2D eigenvalue weighted by atomic mass is 16.2. The first-order valence-electron chi connectivity index (χ1n) is 10.9. The van der Waals surface area contributed by atoms with Crippen LogP contribution in [0.25, 0.3) is 10.9 Å². The largest absolute Gasteiger partial charge is 0.383 e. The highest BCUT2D eigenvalue weighted by Gasteiger charge is 2.24. The van der Waals surface area contributed by atoms with E-state index in [0.29, 0.717) is 19.5 Å². The molecule has 0 unspecified atom stereocenters. The number of hydrogen-bond acceptors (Lipinski definition) is 4. The number of rotatable bonds is 9. The predicted octanol–water partition coefficient (Wildman–Crippen LogP) is 3.02. The third-order valence-corrected chi connectivity index (χ3v) is 5.57. The Hall–Kier alpha value is -3.29. The maximum Gasteiger partial charge on any atom is 0.330 e. The first kappa shape index (κ1) is 22.4. The number of nitrogens with one attached hydrogen (secondary N) is 1. The smallest absolute Gasteiger partial charge is 0.330 e. The number of nitrogen functional groups attached to an aromatic ring is 1. The zero-order valence-electron chi connectivity index (χ0n) is 18.5. The van der Waals surface area contributed by atoms with E-state index in [1.54, 1.807) is 0 Å². The topological polar surface area (TPSA) is 106 Å². The van der Waals surface area contributed by atoms with E-state index in [0.717, 1.165) is 35.9 Å². The summed E-state index contributed by atoms with van der Waals surface area (Å²) in [4.78, 5) is 42.2. The molecule has 0 bridgehead atoms. The fraction of sp³-hybridized carbons (Fsp3) is 0.435.